The van der Waals surface area contributed by atoms with E-state index < -0.39 is 20.7 Å². The number of unbranched alkanes of at least 4 members (excludes halogenated alkanes) is 1. The first-order chi connectivity index (χ1) is 9.42. The minimum absolute atomic E-state index is 0.0836. The van der Waals surface area contributed by atoms with Crippen LogP contribution in [0.15, 0.2) is 17.0 Å². The van der Waals surface area contributed by atoms with Crippen molar-refractivity contribution in [2.75, 3.05) is 18.6 Å². The smallest absolute Gasteiger partial charge is 0.243 e. The van der Waals surface area contributed by atoms with E-state index in [-0.39, 0.29) is 23.7 Å². The van der Waals surface area contributed by atoms with Crippen molar-refractivity contribution in [2.45, 2.75) is 24.3 Å². The molecule has 0 aromatic heterocycles. The Morgan fingerprint density at radius 2 is 2.10 bits per heavy atom. The number of nitrogens with one attached hydrogen (secondary N) is 1. The van der Waals surface area contributed by atoms with Crippen molar-refractivity contribution in [1.82, 2.24) is 4.72 Å². The van der Waals surface area contributed by atoms with Crippen molar-refractivity contribution < 1.29 is 12.8 Å². The van der Waals surface area contributed by atoms with Crippen LogP contribution in [0.4, 0.5) is 4.39 Å². The molecule has 0 aliphatic heterocycles. The summed E-state index contributed by atoms with van der Waals surface area (Å²) in [6.45, 7) is 0.162. The Kier molecular flexibility index (Phi) is 7.25. The van der Waals surface area contributed by atoms with Gasteiger partial charge < -0.3 is 5.73 Å². The molecule has 1 rings (SSSR count). The Bertz CT molecular complexity index is 553. The summed E-state index contributed by atoms with van der Waals surface area (Å²) in [7, 11) is -3.91. The zero-order chi connectivity index (χ0) is 15.2. The third-order valence-electron chi connectivity index (χ3n) is 2.66. The van der Waals surface area contributed by atoms with Crippen LogP contribution in [0, 0.1) is 5.82 Å². The molecule has 0 aliphatic carbocycles. The lowest BCUT2D eigenvalue weighted by Gasteiger charge is -2.10. The van der Waals surface area contributed by atoms with Crippen molar-refractivity contribution in [2.24, 2.45) is 5.73 Å². The lowest BCUT2D eigenvalue weighted by molar-refractivity contribution is 0.548. The Morgan fingerprint density at radius 1 is 1.40 bits per heavy atom. The van der Waals surface area contributed by atoms with Gasteiger partial charge in [0.2, 0.25) is 10.0 Å². The van der Waals surface area contributed by atoms with Gasteiger partial charge in [0.25, 0.3) is 0 Å². The van der Waals surface area contributed by atoms with Gasteiger partial charge in [-0.05, 0) is 37.0 Å². The Labute approximate surface area is 128 Å². The summed E-state index contributed by atoms with van der Waals surface area (Å²) in [5.41, 5.74) is 5.45. The second kappa shape index (κ2) is 8.19. The number of thioether (sulfide) groups is 1. The predicted molar refractivity (Wildman–Crippen MR) is 82.1 cm³/mol. The molecule has 0 heterocycles. The number of halogens is 2. The summed E-state index contributed by atoms with van der Waals surface area (Å²) < 4.78 is 40.5. The molecule has 0 bridgehead atoms. The van der Waals surface area contributed by atoms with Crippen molar-refractivity contribution in [3.63, 3.8) is 0 Å². The average molecular weight is 341 g/mol. The highest BCUT2D eigenvalue weighted by Gasteiger charge is 2.21. The van der Waals surface area contributed by atoms with Crippen molar-refractivity contribution in [3.05, 3.63) is 28.5 Å². The molecule has 0 aliphatic rings. The zero-order valence-electron chi connectivity index (χ0n) is 11.2. The minimum atomic E-state index is -3.91. The quantitative estimate of drug-likeness (QED) is 0.713. The van der Waals surface area contributed by atoms with E-state index >= 15 is 0 Å². The van der Waals surface area contributed by atoms with Crippen LogP contribution in [-0.4, -0.2) is 27.0 Å². The first-order valence-electron chi connectivity index (χ1n) is 6.09. The van der Waals surface area contributed by atoms with E-state index in [0.717, 1.165) is 18.2 Å². The fraction of sp³-hybridized carbons (Fsp3) is 0.500. The van der Waals surface area contributed by atoms with E-state index in [1.165, 1.54) is 6.07 Å². The van der Waals surface area contributed by atoms with Crippen molar-refractivity contribution in [1.29, 1.82) is 0 Å². The van der Waals surface area contributed by atoms with Gasteiger partial charge in [-0.15, -0.1) is 0 Å². The maximum Gasteiger partial charge on any atom is 0.243 e. The average Bonchev–Trinajstić information content (AvgIpc) is 2.40. The molecule has 0 fully saturated rings. The molecule has 0 saturated carbocycles. The largest absolute Gasteiger partial charge is 0.326 e. The number of hydrogen-bond acceptors (Lipinski definition) is 4. The molecule has 8 heteroatoms. The topological polar surface area (TPSA) is 72.2 Å². The Hall–Kier alpha value is -0.340. The minimum Gasteiger partial charge on any atom is -0.326 e. The summed E-state index contributed by atoms with van der Waals surface area (Å²) in [6, 6.07) is 2.43. The lowest BCUT2D eigenvalue weighted by atomic mass is 10.2. The molecular weight excluding hydrogens is 323 g/mol. The lowest BCUT2D eigenvalue weighted by Crippen LogP contribution is -2.26. The Morgan fingerprint density at radius 3 is 2.70 bits per heavy atom. The highest BCUT2D eigenvalue weighted by molar-refractivity contribution is 7.98. The molecule has 1 aromatic carbocycles. The second-order valence-electron chi connectivity index (χ2n) is 4.18. The van der Waals surface area contributed by atoms with Crippen LogP contribution in [0.1, 0.15) is 18.4 Å². The van der Waals surface area contributed by atoms with E-state index in [1.54, 1.807) is 11.8 Å². The first kappa shape index (κ1) is 17.7. The van der Waals surface area contributed by atoms with Gasteiger partial charge in [0.05, 0.1) is 0 Å². The summed E-state index contributed by atoms with van der Waals surface area (Å²) >= 11 is 7.49. The molecule has 0 amide bonds. The number of hydrogen-bond donors (Lipinski definition) is 2. The van der Waals surface area contributed by atoms with Gasteiger partial charge in [-0.1, -0.05) is 11.6 Å². The van der Waals surface area contributed by atoms with Crippen LogP contribution in [0.25, 0.3) is 0 Å². The van der Waals surface area contributed by atoms with E-state index in [4.69, 9.17) is 17.3 Å². The molecular formula is C12H18ClFN2O2S2. The number of benzene rings is 1. The van der Waals surface area contributed by atoms with E-state index in [1.807, 2.05) is 6.26 Å². The summed E-state index contributed by atoms with van der Waals surface area (Å²) in [5, 5.41) is 0.148. The summed E-state index contributed by atoms with van der Waals surface area (Å²) in [4.78, 5) is -0.449. The molecule has 20 heavy (non-hydrogen) atoms. The molecule has 0 spiro atoms. The fourth-order valence-electron chi connectivity index (χ4n) is 1.62. The standard InChI is InChI=1S/C12H18ClFN2O2S2/c1-19-5-3-2-4-16-20(17,18)11-7-10(13)6-9(8-15)12(11)14/h6-7,16H,2-5,8,15H2,1H3. The fourth-order valence-corrected chi connectivity index (χ4v) is 3.63. The number of sulfonamides is 1. The third-order valence-corrected chi connectivity index (χ3v) is 5.03. The van der Waals surface area contributed by atoms with Gasteiger partial charge in [0, 0.05) is 23.7 Å². The molecule has 4 nitrogen and oxygen atoms in total. The highest BCUT2D eigenvalue weighted by atomic mass is 35.5. The molecule has 0 atom stereocenters. The van der Waals surface area contributed by atoms with E-state index in [2.05, 4.69) is 4.72 Å². The first-order valence-corrected chi connectivity index (χ1v) is 9.34. The summed E-state index contributed by atoms with van der Waals surface area (Å²) in [5.74, 6) is 0.124. The monoisotopic (exact) mass is 340 g/mol. The van der Waals surface area contributed by atoms with E-state index in [0.29, 0.717) is 6.42 Å². The number of nitrogens with two attached hydrogens (primary N) is 1. The predicted octanol–water partition coefficient (Wildman–Crippen LogP) is 2.36. The van der Waals surface area contributed by atoms with Gasteiger partial charge in [-0.25, -0.2) is 17.5 Å². The number of rotatable bonds is 8. The normalized spacial score (nSPS) is 11.8. The Balaban J connectivity index is 2.84. The van der Waals surface area contributed by atoms with Crippen LogP contribution in [0.5, 0.6) is 0 Å². The molecule has 0 radical (unpaired) electrons. The molecule has 0 unspecified atom stereocenters. The van der Waals surface area contributed by atoms with Crippen LogP contribution in [-0.2, 0) is 16.6 Å². The SMILES string of the molecule is CSCCCCNS(=O)(=O)c1cc(Cl)cc(CN)c1F. The van der Waals surface area contributed by atoms with Crippen LogP contribution < -0.4 is 10.5 Å². The van der Waals surface area contributed by atoms with Gasteiger partial charge in [0.15, 0.2) is 0 Å². The van der Waals surface area contributed by atoms with Gasteiger partial charge in [-0.2, -0.15) is 11.8 Å². The molecule has 1 aromatic rings. The summed E-state index contributed by atoms with van der Waals surface area (Å²) in [6.07, 6.45) is 3.58. The van der Waals surface area contributed by atoms with Gasteiger partial charge in [0.1, 0.15) is 10.7 Å². The molecule has 114 valence electrons. The second-order valence-corrected chi connectivity index (χ2v) is 7.34. The highest BCUT2D eigenvalue weighted by Crippen LogP contribution is 2.23. The zero-order valence-corrected chi connectivity index (χ0v) is 13.5. The molecule has 0 saturated heterocycles. The van der Waals surface area contributed by atoms with Gasteiger partial charge >= 0.3 is 0 Å². The van der Waals surface area contributed by atoms with Crippen molar-refractivity contribution in [3.8, 4) is 0 Å². The van der Waals surface area contributed by atoms with Gasteiger partial charge in [-0.3, -0.25) is 0 Å². The van der Waals surface area contributed by atoms with Crippen LogP contribution in [0.2, 0.25) is 5.02 Å². The van der Waals surface area contributed by atoms with E-state index in [9.17, 15) is 12.8 Å². The maximum absolute atomic E-state index is 14.0. The van der Waals surface area contributed by atoms with Crippen molar-refractivity contribution >= 4 is 33.4 Å². The maximum atomic E-state index is 14.0. The van der Waals surface area contributed by atoms with Crippen LogP contribution in [0.3, 0.4) is 0 Å². The van der Waals surface area contributed by atoms with Crippen LogP contribution >= 0.6 is 23.4 Å². The third kappa shape index (κ3) is 4.89. The molecule has 3 N–H and O–H groups in total.